The fourth-order valence-corrected chi connectivity index (χ4v) is 1.49. The molecule has 0 bridgehead atoms. The highest BCUT2D eigenvalue weighted by Crippen LogP contribution is 2.14. The second-order valence-electron chi connectivity index (χ2n) is 3.77. The summed E-state index contributed by atoms with van der Waals surface area (Å²) in [4.78, 5) is 14.8. The summed E-state index contributed by atoms with van der Waals surface area (Å²) in [7, 11) is 0. The van der Waals surface area contributed by atoms with Gasteiger partial charge in [-0.05, 0) is 23.8 Å². The first-order valence-corrected chi connectivity index (χ1v) is 5.43. The first-order chi connectivity index (χ1) is 9.11. The third-order valence-electron chi connectivity index (χ3n) is 2.49. The normalized spacial score (nSPS) is 10.3. The largest absolute Gasteiger partial charge is 0.392 e. The number of aliphatic hydroxyl groups excluding tert-OH is 1. The molecular formula is C13H10F2N2O2. The van der Waals surface area contributed by atoms with Gasteiger partial charge in [-0.1, -0.05) is 12.1 Å². The van der Waals surface area contributed by atoms with Crippen molar-refractivity contribution in [1.29, 1.82) is 0 Å². The molecule has 1 aromatic carbocycles. The summed E-state index contributed by atoms with van der Waals surface area (Å²) in [6, 6.07) is 7.42. The first-order valence-electron chi connectivity index (χ1n) is 5.43. The smallest absolute Gasteiger partial charge is 0.258 e. The van der Waals surface area contributed by atoms with Crippen molar-refractivity contribution >= 4 is 11.6 Å². The Morgan fingerprint density at radius 1 is 1.21 bits per heavy atom. The molecule has 1 heterocycles. The zero-order valence-electron chi connectivity index (χ0n) is 9.73. The Hall–Kier alpha value is -2.34. The monoisotopic (exact) mass is 264 g/mol. The fraction of sp³-hybridized carbons (Fsp3) is 0.0769. The van der Waals surface area contributed by atoms with E-state index in [0.29, 0.717) is 11.3 Å². The summed E-state index contributed by atoms with van der Waals surface area (Å²) in [6.07, 6.45) is 1.02. The molecule has 0 aliphatic heterocycles. The quantitative estimate of drug-likeness (QED) is 0.834. The second kappa shape index (κ2) is 5.53. The van der Waals surface area contributed by atoms with Crippen LogP contribution in [0.25, 0.3) is 0 Å². The molecule has 0 aliphatic rings. The zero-order valence-corrected chi connectivity index (χ0v) is 9.73. The SMILES string of the molecule is O=C(Nc1ccc(CO)cc1)c1ccnc(F)c1F. The second-order valence-corrected chi connectivity index (χ2v) is 3.77. The van der Waals surface area contributed by atoms with Gasteiger partial charge in [-0.2, -0.15) is 4.39 Å². The Kier molecular flexibility index (Phi) is 3.82. The van der Waals surface area contributed by atoms with Crippen LogP contribution in [0.5, 0.6) is 0 Å². The lowest BCUT2D eigenvalue weighted by Gasteiger charge is -2.06. The van der Waals surface area contributed by atoms with E-state index in [1.807, 2.05) is 0 Å². The zero-order chi connectivity index (χ0) is 13.8. The molecule has 2 aromatic rings. The number of aromatic nitrogens is 1. The number of carbonyl (C=O) groups is 1. The Labute approximate surface area is 107 Å². The van der Waals surface area contributed by atoms with Gasteiger partial charge in [0.15, 0.2) is 5.82 Å². The summed E-state index contributed by atoms with van der Waals surface area (Å²) in [5.41, 5.74) is 0.677. The summed E-state index contributed by atoms with van der Waals surface area (Å²) >= 11 is 0. The van der Waals surface area contributed by atoms with Gasteiger partial charge >= 0.3 is 0 Å². The van der Waals surface area contributed by atoms with Crippen molar-refractivity contribution in [3.8, 4) is 0 Å². The third kappa shape index (κ3) is 2.92. The van der Waals surface area contributed by atoms with Crippen molar-refractivity contribution in [1.82, 2.24) is 4.98 Å². The summed E-state index contributed by atoms with van der Waals surface area (Å²) in [6.45, 7) is -0.113. The van der Waals surface area contributed by atoms with Crippen LogP contribution in [0.15, 0.2) is 36.5 Å². The number of aliphatic hydroxyl groups is 1. The number of nitrogens with zero attached hydrogens (tertiary/aromatic N) is 1. The number of pyridine rings is 1. The number of carbonyl (C=O) groups excluding carboxylic acids is 1. The lowest BCUT2D eigenvalue weighted by molar-refractivity contribution is 0.102. The molecule has 6 heteroatoms. The van der Waals surface area contributed by atoms with Crippen LogP contribution in [0.4, 0.5) is 14.5 Å². The number of hydrogen-bond acceptors (Lipinski definition) is 3. The topological polar surface area (TPSA) is 62.2 Å². The molecule has 2 rings (SSSR count). The molecule has 0 fully saturated rings. The molecule has 98 valence electrons. The molecule has 2 N–H and O–H groups in total. The van der Waals surface area contributed by atoms with Gasteiger partial charge in [0, 0.05) is 11.9 Å². The van der Waals surface area contributed by atoms with E-state index in [9.17, 15) is 13.6 Å². The number of benzene rings is 1. The molecule has 19 heavy (non-hydrogen) atoms. The summed E-state index contributed by atoms with van der Waals surface area (Å²) in [5.74, 6) is -3.37. The van der Waals surface area contributed by atoms with Crippen LogP contribution in [-0.2, 0) is 6.61 Å². The van der Waals surface area contributed by atoms with E-state index in [0.717, 1.165) is 12.3 Å². The number of halogens is 2. The molecule has 1 aromatic heterocycles. The molecule has 0 saturated carbocycles. The molecular weight excluding hydrogens is 254 g/mol. The van der Waals surface area contributed by atoms with Gasteiger partial charge in [0.25, 0.3) is 5.91 Å². The van der Waals surface area contributed by atoms with Gasteiger partial charge in [0.1, 0.15) is 0 Å². The summed E-state index contributed by atoms with van der Waals surface area (Å²) in [5, 5.41) is 11.3. The van der Waals surface area contributed by atoms with Crippen LogP contribution in [0, 0.1) is 11.8 Å². The average molecular weight is 264 g/mol. The van der Waals surface area contributed by atoms with Crippen LogP contribution >= 0.6 is 0 Å². The Bertz CT molecular complexity index is 600. The molecule has 4 nitrogen and oxygen atoms in total. The highest BCUT2D eigenvalue weighted by Gasteiger charge is 2.16. The minimum Gasteiger partial charge on any atom is -0.392 e. The highest BCUT2D eigenvalue weighted by molar-refractivity contribution is 6.04. The Morgan fingerprint density at radius 3 is 2.53 bits per heavy atom. The van der Waals surface area contributed by atoms with Gasteiger partial charge in [-0.3, -0.25) is 4.79 Å². The molecule has 1 amide bonds. The highest BCUT2D eigenvalue weighted by atomic mass is 19.2. The van der Waals surface area contributed by atoms with E-state index in [2.05, 4.69) is 10.3 Å². The van der Waals surface area contributed by atoms with E-state index in [1.54, 1.807) is 24.3 Å². The summed E-state index contributed by atoms with van der Waals surface area (Å²) < 4.78 is 26.2. The maximum atomic E-state index is 13.3. The maximum Gasteiger partial charge on any atom is 0.258 e. The maximum absolute atomic E-state index is 13.3. The standard InChI is InChI=1S/C13H10F2N2O2/c14-11-10(5-6-16-12(11)15)13(19)17-9-3-1-8(7-18)2-4-9/h1-6,18H,7H2,(H,17,19). The number of rotatable bonds is 3. The van der Waals surface area contributed by atoms with Crippen LogP contribution in [-0.4, -0.2) is 16.0 Å². The predicted molar refractivity (Wildman–Crippen MR) is 64.5 cm³/mol. The van der Waals surface area contributed by atoms with Crippen LogP contribution in [0.2, 0.25) is 0 Å². The number of hydrogen-bond donors (Lipinski definition) is 2. The molecule has 0 saturated heterocycles. The molecule has 0 spiro atoms. The lowest BCUT2D eigenvalue weighted by Crippen LogP contribution is -2.15. The van der Waals surface area contributed by atoms with Crippen molar-refractivity contribution in [3.63, 3.8) is 0 Å². The molecule has 0 atom stereocenters. The minimum absolute atomic E-state index is 0.113. The van der Waals surface area contributed by atoms with E-state index in [-0.39, 0.29) is 6.61 Å². The van der Waals surface area contributed by atoms with Crippen molar-refractivity contribution in [3.05, 3.63) is 59.4 Å². The van der Waals surface area contributed by atoms with E-state index >= 15 is 0 Å². The van der Waals surface area contributed by atoms with Gasteiger partial charge < -0.3 is 10.4 Å². The van der Waals surface area contributed by atoms with Crippen molar-refractivity contribution < 1.29 is 18.7 Å². The van der Waals surface area contributed by atoms with Gasteiger partial charge in [-0.15, -0.1) is 0 Å². The van der Waals surface area contributed by atoms with Crippen molar-refractivity contribution in [2.75, 3.05) is 5.32 Å². The predicted octanol–water partition coefficient (Wildman–Crippen LogP) is 2.10. The van der Waals surface area contributed by atoms with Gasteiger partial charge in [-0.25, -0.2) is 9.37 Å². The number of amides is 1. The Balaban J connectivity index is 2.18. The van der Waals surface area contributed by atoms with E-state index in [4.69, 9.17) is 5.11 Å². The van der Waals surface area contributed by atoms with Crippen LogP contribution in [0.3, 0.4) is 0 Å². The molecule has 0 unspecified atom stereocenters. The van der Waals surface area contributed by atoms with Crippen LogP contribution in [0.1, 0.15) is 15.9 Å². The Morgan fingerprint density at radius 2 is 1.89 bits per heavy atom. The van der Waals surface area contributed by atoms with Gasteiger partial charge in [0.2, 0.25) is 5.95 Å². The first kappa shape index (κ1) is 13.1. The van der Waals surface area contributed by atoms with E-state index < -0.39 is 23.2 Å². The molecule has 0 aliphatic carbocycles. The average Bonchev–Trinajstić information content (AvgIpc) is 2.42. The molecule has 0 radical (unpaired) electrons. The van der Waals surface area contributed by atoms with E-state index in [1.165, 1.54) is 0 Å². The fourth-order valence-electron chi connectivity index (χ4n) is 1.49. The minimum atomic E-state index is -1.32. The lowest BCUT2D eigenvalue weighted by atomic mass is 10.2. The third-order valence-corrected chi connectivity index (χ3v) is 2.49. The number of nitrogens with one attached hydrogen (secondary N) is 1. The van der Waals surface area contributed by atoms with Crippen molar-refractivity contribution in [2.24, 2.45) is 0 Å². The van der Waals surface area contributed by atoms with Crippen molar-refractivity contribution in [2.45, 2.75) is 6.61 Å². The van der Waals surface area contributed by atoms with Gasteiger partial charge in [0.05, 0.1) is 12.2 Å². The number of anilines is 1. The van der Waals surface area contributed by atoms with Crippen LogP contribution < -0.4 is 5.32 Å².